The van der Waals surface area contributed by atoms with Crippen LogP contribution in [0.3, 0.4) is 0 Å². The number of carboxylic acid groups (broad SMARTS) is 1. The van der Waals surface area contributed by atoms with Gasteiger partial charge in [-0.05, 0) is 6.42 Å². The molecule has 0 amide bonds. The molecule has 0 radical (unpaired) electrons. The highest BCUT2D eigenvalue weighted by molar-refractivity contribution is 6.50. The van der Waals surface area contributed by atoms with Gasteiger partial charge in [0.2, 0.25) is 0 Å². The van der Waals surface area contributed by atoms with Gasteiger partial charge in [-0.25, -0.2) is 0 Å². The molecule has 36 heavy (non-hydrogen) atoms. The highest BCUT2D eigenvalue weighted by Gasteiger charge is 1.98. The Hall–Kier alpha value is 0.234. The van der Waals surface area contributed by atoms with E-state index in [9.17, 15) is 4.79 Å². The summed E-state index contributed by atoms with van der Waals surface area (Å²) in [5, 5.41) is 32.5. The van der Waals surface area contributed by atoms with Crippen molar-refractivity contribution < 1.29 is 45.8 Å². The first kappa shape index (κ1) is 38.4. The van der Waals surface area contributed by atoms with Crippen LogP contribution in [0.5, 0.6) is 0 Å². The lowest BCUT2D eigenvalue weighted by atomic mass is 10.0. The minimum Gasteiger partial charge on any atom is -0.481 e. The molecule has 0 aromatic carbocycles. The molecule has 0 unspecified atom stereocenters. The van der Waals surface area contributed by atoms with Gasteiger partial charge in [0.1, 0.15) is 6.10 Å². The molecule has 0 spiro atoms. The van der Waals surface area contributed by atoms with Crippen LogP contribution in [0.25, 0.3) is 0 Å². The minimum atomic E-state index is -0.954. The molecule has 0 aliphatic carbocycles. The quantitative estimate of drug-likeness (QED) is 0.122. The van der Waals surface area contributed by atoms with Crippen molar-refractivity contribution in [2.75, 3.05) is 13.2 Å². The molecule has 1 aliphatic rings. The van der Waals surface area contributed by atoms with Gasteiger partial charge >= 0.3 is 5.97 Å². The van der Waals surface area contributed by atoms with Crippen LogP contribution in [0, 0.1) is 0 Å². The van der Waals surface area contributed by atoms with E-state index in [2.05, 4.69) is 6.92 Å². The Morgan fingerprint density at radius 2 is 0.861 bits per heavy atom. The molecule has 1 rings (SSSR count). The molecule has 0 saturated carbocycles. The fraction of sp³-hybridized carbons (Fsp3) is 0.952. The van der Waals surface area contributed by atoms with Gasteiger partial charge < -0.3 is 41.0 Å². The summed E-state index contributed by atoms with van der Waals surface area (Å²) in [5.74, 6) is -0.653. The normalized spacial score (nSPS) is 17.7. The molecule has 218 valence electrons. The first-order valence-corrected chi connectivity index (χ1v) is 19.4. The van der Waals surface area contributed by atoms with Crippen LogP contribution in [0.4, 0.5) is 0 Å². The van der Waals surface area contributed by atoms with Crippen molar-refractivity contribution in [1.29, 1.82) is 0 Å². The van der Waals surface area contributed by atoms with Crippen molar-refractivity contribution in [2.45, 2.75) is 116 Å². The smallest absolute Gasteiger partial charge is 0.303 e. The number of aliphatic carboxylic acids is 1. The number of unbranched alkanes of at least 4 members (excludes halogenated alkanes) is 14. The second-order valence-electron chi connectivity index (χ2n) is 8.72. The molecule has 0 aromatic heterocycles. The minimum absolute atomic E-state index is 0.345. The largest absolute Gasteiger partial charge is 0.481 e. The van der Waals surface area contributed by atoms with Crippen molar-refractivity contribution in [3.8, 4) is 0 Å². The predicted molar refractivity (Wildman–Crippen MR) is 156 cm³/mol. The Labute approximate surface area is 230 Å². The van der Waals surface area contributed by atoms with Crippen molar-refractivity contribution in [3.63, 3.8) is 0 Å². The lowest BCUT2D eigenvalue weighted by Crippen LogP contribution is -2.23. The second kappa shape index (κ2) is 35.2. The van der Waals surface area contributed by atoms with Gasteiger partial charge in [-0.3, -0.25) is 4.79 Å². The molecule has 1 heterocycles. The highest BCUT2D eigenvalue weighted by Crippen LogP contribution is 2.13. The van der Waals surface area contributed by atoms with E-state index in [0.29, 0.717) is 6.42 Å². The summed E-state index contributed by atoms with van der Waals surface area (Å²) in [7, 11) is -3.62. The van der Waals surface area contributed by atoms with Crippen molar-refractivity contribution in [1.82, 2.24) is 0 Å². The average Bonchev–Trinajstić information content (AvgIpc) is 2.89. The zero-order valence-electron chi connectivity index (χ0n) is 22.6. The van der Waals surface area contributed by atoms with Gasteiger partial charge in [-0.15, -0.1) is 0 Å². The standard InChI is InChI=1S/C18H36O2.C3H8O3.H10O5Si5/c1-2-3-4-5-6-7-8-9-10-11-12-13-14-15-16-17-18(19)20;4-1-3(6)2-5;1-6-2-8-4-10-5-9-3-7-1/h2-17H2,1H3,(H,19,20);3-6H,1-2H2;6-10H2. The maximum absolute atomic E-state index is 10.3. The maximum Gasteiger partial charge on any atom is 0.303 e. The van der Waals surface area contributed by atoms with Gasteiger partial charge in [0.25, 0.3) is 50.0 Å². The van der Waals surface area contributed by atoms with Crippen LogP contribution < -0.4 is 0 Å². The highest BCUT2D eigenvalue weighted by atomic mass is 28.4. The van der Waals surface area contributed by atoms with Crippen LogP contribution in [-0.4, -0.2) is 95.7 Å². The molecule has 0 bridgehead atoms. The monoisotopic (exact) mass is 606 g/mol. The van der Waals surface area contributed by atoms with E-state index in [1.807, 2.05) is 0 Å². The zero-order valence-corrected chi connectivity index (χ0v) is 29.7. The SMILES string of the molecule is CCCCCCCCCCCCCCCCCC(=O)O.O1[SiH2]O[SiH2]O[SiH2]O[SiH2]O[SiH2]1.OCC(O)CO. The van der Waals surface area contributed by atoms with E-state index in [1.54, 1.807) is 0 Å². The number of hydrogen-bond donors (Lipinski definition) is 4. The molecule has 10 nitrogen and oxygen atoms in total. The summed E-state index contributed by atoms with van der Waals surface area (Å²) < 4.78 is 25.8. The topological polar surface area (TPSA) is 144 Å². The fourth-order valence-electron chi connectivity index (χ4n) is 3.17. The first-order valence-electron chi connectivity index (χ1n) is 13.6. The Morgan fingerprint density at radius 3 is 1.08 bits per heavy atom. The summed E-state index contributed by atoms with van der Waals surface area (Å²) >= 11 is 0. The second-order valence-corrected chi connectivity index (χ2v) is 18.1. The van der Waals surface area contributed by atoms with Gasteiger partial charge in [-0.1, -0.05) is 96.8 Å². The van der Waals surface area contributed by atoms with E-state index >= 15 is 0 Å². The van der Waals surface area contributed by atoms with Crippen LogP contribution in [0.15, 0.2) is 0 Å². The van der Waals surface area contributed by atoms with Crippen LogP contribution in [0.2, 0.25) is 0 Å². The predicted octanol–water partition coefficient (Wildman–Crippen LogP) is -0.259. The van der Waals surface area contributed by atoms with Gasteiger partial charge in [0.05, 0.1) is 13.2 Å². The average molecular weight is 607 g/mol. The van der Waals surface area contributed by atoms with Crippen molar-refractivity contribution in [3.05, 3.63) is 0 Å². The molecular formula is C21H54O10Si5. The van der Waals surface area contributed by atoms with Crippen LogP contribution in [-0.2, 0) is 25.4 Å². The lowest BCUT2D eigenvalue weighted by Gasteiger charge is -2.10. The summed E-state index contributed by atoms with van der Waals surface area (Å²) in [5.41, 5.74) is 0. The third kappa shape index (κ3) is 38.8. The maximum atomic E-state index is 10.3. The van der Waals surface area contributed by atoms with Crippen molar-refractivity contribution >= 4 is 56.0 Å². The number of hydrogen-bond acceptors (Lipinski definition) is 9. The number of rotatable bonds is 18. The Morgan fingerprint density at radius 1 is 0.583 bits per heavy atom. The van der Waals surface area contributed by atoms with Gasteiger partial charge in [0, 0.05) is 6.42 Å². The summed E-state index contributed by atoms with van der Waals surface area (Å²) in [4.78, 5) is 10.3. The molecule has 0 aromatic rings. The Balaban J connectivity index is 0. The van der Waals surface area contributed by atoms with E-state index in [4.69, 9.17) is 41.0 Å². The third-order valence-electron chi connectivity index (χ3n) is 5.25. The zero-order chi connectivity index (χ0) is 27.0. The van der Waals surface area contributed by atoms with Gasteiger partial charge in [0.15, 0.2) is 0 Å². The van der Waals surface area contributed by atoms with E-state index in [1.165, 1.54) is 83.5 Å². The lowest BCUT2D eigenvalue weighted by molar-refractivity contribution is -0.137. The van der Waals surface area contributed by atoms with Crippen molar-refractivity contribution in [2.24, 2.45) is 0 Å². The van der Waals surface area contributed by atoms with Crippen LogP contribution in [0.1, 0.15) is 110 Å². The molecule has 1 saturated heterocycles. The van der Waals surface area contributed by atoms with E-state index in [0.717, 1.165) is 12.8 Å². The molecular weight excluding hydrogens is 553 g/mol. The Bertz CT molecular complexity index is 393. The number of carbonyl (C=O) groups is 1. The van der Waals surface area contributed by atoms with E-state index in [-0.39, 0.29) is 13.2 Å². The number of carboxylic acids is 1. The summed E-state index contributed by atoms with van der Waals surface area (Å²) in [6.45, 7) is 1.54. The molecule has 15 heteroatoms. The van der Waals surface area contributed by atoms with Crippen LogP contribution >= 0.6 is 0 Å². The molecule has 1 aliphatic heterocycles. The molecule has 0 atom stereocenters. The number of aliphatic hydroxyl groups is 3. The third-order valence-corrected chi connectivity index (χ3v) is 11.9. The molecule has 4 N–H and O–H groups in total. The molecule has 1 fully saturated rings. The van der Waals surface area contributed by atoms with E-state index < -0.39 is 62.1 Å². The Kier molecular flexibility index (Phi) is 37.6. The summed E-state index contributed by atoms with van der Waals surface area (Å²) in [6.07, 6.45) is 19.2. The first-order chi connectivity index (χ1) is 17.6. The number of aliphatic hydroxyl groups excluding tert-OH is 3. The van der Waals surface area contributed by atoms with Gasteiger partial charge in [-0.2, -0.15) is 0 Å². The summed E-state index contributed by atoms with van der Waals surface area (Å²) in [6, 6.07) is 0. The fourth-order valence-corrected chi connectivity index (χ4v) is 12.2.